The van der Waals surface area contributed by atoms with E-state index in [4.69, 9.17) is 11.6 Å². The molecule has 0 spiro atoms. The molecule has 0 bridgehead atoms. The Kier molecular flexibility index (Phi) is 4.22. The van der Waals surface area contributed by atoms with Gasteiger partial charge in [-0.05, 0) is 18.2 Å². The first-order valence-electron chi connectivity index (χ1n) is 5.13. The molecule has 3 N–H and O–H groups in total. The van der Waals surface area contributed by atoms with Gasteiger partial charge in [0.1, 0.15) is 0 Å². The van der Waals surface area contributed by atoms with E-state index in [9.17, 15) is 4.79 Å². The highest BCUT2D eigenvalue weighted by atomic mass is 79.9. The molecule has 0 saturated heterocycles. The highest BCUT2D eigenvalue weighted by Gasteiger charge is 2.05. The number of carbonyl (C=O) groups excluding carboxylic acids is 1. The van der Waals surface area contributed by atoms with Crippen LogP contribution in [0, 0.1) is 0 Å². The molecule has 1 aromatic heterocycles. The van der Waals surface area contributed by atoms with Gasteiger partial charge in [0.25, 0.3) is 0 Å². The lowest BCUT2D eigenvalue weighted by Crippen LogP contribution is -2.28. The maximum atomic E-state index is 11.6. The maximum absolute atomic E-state index is 11.6. The predicted octanol–water partition coefficient (Wildman–Crippen LogP) is 3.15. The zero-order valence-corrected chi connectivity index (χ0v) is 11.5. The van der Waals surface area contributed by atoms with Crippen LogP contribution >= 0.6 is 27.5 Å². The first-order valence-corrected chi connectivity index (χ1v) is 6.30. The summed E-state index contributed by atoms with van der Waals surface area (Å²) in [6.07, 6.45) is 3.36. The molecule has 0 unspecified atom stereocenters. The highest BCUT2D eigenvalue weighted by Crippen LogP contribution is 2.25. The van der Waals surface area contributed by atoms with Crippen molar-refractivity contribution in [2.24, 2.45) is 0 Å². The molecule has 0 fully saturated rings. The molecule has 94 valence electrons. The van der Waals surface area contributed by atoms with E-state index in [1.54, 1.807) is 30.6 Å². The number of benzene rings is 1. The van der Waals surface area contributed by atoms with E-state index in [1.807, 2.05) is 0 Å². The second-order valence-corrected chi connectivity index (χ2v) is 4.86. The summed E-state index contributed by atoms with van der Waals surface area (Å²) in [6, 6.07) is 4.93. The fraction of sp³-hybridized carbons (Fsp3) is 0.0909. The van der Waals surface area contributed by atoms with Crippen LogP contribution in [0.1, 0.15) is 5.56 Å². The summed E-state index contributed by atoms with van der Waals surface area (Å²) >= 11 is 9.28. The number of anilines is 1. The smallest absolute Gasteiger partial charge is 0.319 e. The first kappa shape index (κ1) is 12.9. The van der Waals surface area contributed by atoms with Gasteiger partial charge in [-0.3, -0.25) is 5.10 Å². The van der Waals surface area contributed by atoms with Gasteiger partial charge >= 0.3 is 6.03 Å². The van der Waals surface area contributed by atoms with Crippen molar-refractivity contribution >= 4 is 39.2 Å². The fourth-order valence-electron chi connectivity index (χ4n) is 1.31. The molecule has 0 atom stereocenters. The van der Waals surface area contributed by atoms with E-state index in [2.05, 4.69) is 36.8 Å². The van der Waals surface area contributed by atoms with E-state index in [0.717, 1.165) is 10.0 Å². The van der Waals surface area contributed by atoms with Gasteiger partial charge in [0.15, 0.2) is 0 Å². The summed E-state index contributed by atoms with van der Waals surface area (Å²) in [5.41, 5.74) is 1.46. The minimum Gasteiger partial charge on any atom is -0.334 e. The second-order valence-electron chi connectivity index (χ2n) is 3.54. The van der Waals surface area contributed by atoms with E-state index in [-0.39, 0.29) is 6.03 Å². The van der Waals surface area contributed by atoms with Crippen molar-refractivity contribution in [3.8, 4) is 0 Å². The Morgan fingerprint density at radius 2 is 2.33 bits per heavy atom. The molecule has 5 nitrogen and oxygen atoms in total. The van der Waals surface area contributed by atoms with Gasteiger partial charge in [0, 0.05) is 22.8 Å². The summed E-state index contributed by atoms with van der Waals surface area (Å²) in [7, 11) is 0. The van der Waals surface area contributed by atoms with Gasteiger partial charge in [0.05, 0.1) is 16.9 Å². The number of rotatable bonds is 3. The lowest BCUT2D eigenvalue weighted by Gasteiger charge is -2.08. The number of aromatic amines is 1. The van der Waals surface area contributed by atoms with Gasteiger partial charge in [-0.25, -0.2) is 4.79 Å². The van der Waals surface area contributed by atoms with E-state index < -0.39 is 0 Å². The molecule has 2 rings (SSSR count). The van der Waals surface area contributed by atoms with Gasteiger partial charge in [-0.1, -0.05) is 27.5 Å². The van der Waals surface area contributed by atoms with Crippen LogP contribution in [0.3, 0.4) is 0 Å². The highest BCUT2D eigenvalue weighted by molar-refractivity contribution is 9.10. The van der Waals surface area contributed by atoms with E-state index in [0.29, 0.717) is 17.3 Å². The molecule has 0 aliphatic heterocycles. The topological polar surface area (TPSA) is 69.8 Å². The molecule has 7 heteroatoms. The monoisotopic (exact) mass is 328 g/mol. The number of urea groups is 1. The summed E-state index contributed by atoms with van der Waals surface area (Å²) in [4.78, 5) is 11.6. The van der Waals surface area contributed by atoms with E-state index in [1.165, 1.54) is 0 Å². The van der Waals surface area contributed by atoms with Crippen LogP contribution in [0.2, 0.25) is 5.02 Å². The minimum absolute atomic E-state index is 0.319. The zero-order chi connectivity index (χ0) is 13.0. The van der Waals surface area contributed by atoms with Crippen LogP contribution in [0.4, 0.5) is 10.5 Å². The summed E-state index contributed by atoms with van der Waals surface area (Å²) in [6.45, 7) is 0.399. The Balaban J connectivity index is 1.91. The molecule has 0 aliphatic carbocycles. The summed E-state index contributed by atoms with van der Waals surface area (Å²) < 4.78 is 0.858. The predicted molar refractivity (Wildman–Crippen MR) is 73.6 cm³/mol. The van der Waals surface area contributed by atoms with Gasteiger partial charge in [-0.15, -0.1) is 0 Å². The van der Waals surface area contributed by atoms with Crippen LogP contribution in [-0.4, -0.2) is 16.2 Å². The number of halogens is 2. The number of H-pyrrole nitrogens is 1. The Bertz CT molecular complexity index is 544. The van der Waals surface area contributed by atoms with Crippen LogP contribution in [0.15, 0.2) is 35.1 Å². The SMILES string of the molecule is O=C(NCc1cn[nH]c1)Nc1ccc(Br)cc1Cl. The summed E-state index contributed by atoms with van der Waals surface area (Å²) in [5.74, 6) is 0. The minimum atomic E-state index is -0.319. The van der Waals surface area contributed by atoms with Gasteiger partial charge in [-0.2, -0.15) is 5.10 Å². The number of nitrogens with zero attached hydrogens (tertiary/aromatic N) is 1. The Labute approximate surface area is 117 Å². The molecule has 1 aromatic carbocycles. The van der Waals surface area contributed by atoms with Crippen LogP contribution in [-0.2, 0) is 6.54 Å². The number of nitrogens with one attached hydrogen (secondary N) is 3. The first-order chi connectivity index (χ1) is 8.65. The van der Waals surface area contributed by atoms with Crippen molar-refractivity contribution in [3.63, 3.8) is 0 Å². The number of carbonyl (C=O) groups is 1. The van der Waals surface area contributed by atoms with Gasteiger partial charge in [0.2, 0.25) is 0 Å². The lowest BCUT2D eigenvalue weighted by atomic mass is 10.3. The molecular weight excluding hydrogens is 320 g/mol. The Morgan fingerprint density at radius 3 is 3.00 bits per heavy atom. The molecule has 0 radical (unpaired) electrons. The van der Waals surface area contributed by atoms with Crippen molar-refractivity contribution in [1.82, 2.24) is 15.5 Å². The van der Waals surface area contributed by atoms with Crippen molar-refractivity contribution in [2.45, 2.75) is 6.54 Å². The summed E-state index contributed by atoms with van der Waals surface area (Å²) in [5, 5.41) is 12.3. The third-order valence-corrected chi connectivity index (χ3v) is 2.99. The average Bonchev–Trinajstić information content (AvgIpc) is 2.83. The van der Waals surface area contributed by atoms with Gasteiger partial charge < -0.3 is 10.6 Å². The lowest BCUT2D eigenvalue weighted by molar-refractivity contribution is 0.251. The van der Waals surface area contributed by atoms with E-state index >= 15 is 0 Å². The Morgan fingerprint density at radius 1 is 1.50 bits per heavy atom. The average molecular weight is 330 g/mol. The number of amides is 2. The molecular formula is C11H10BrClN4O. The Hall–Kier alpha value is -1.53. The standard InChI is InChI=1S/C11H10BrClN4O/c12-8-1-2-10(9(13)3-8)17-11(18)14-4-7-5-15-16-6-7/h1-3,5-6H,4H2,(H,15,16)(H2,14,17,18). The maximum Gasteiger partial charge on any atom is 0.319 e. The molecule has 0 aliphatic rings. The van der Waals surface area contributed by atoms with Crippen LogP contribution in [0.25, 0.3) is 0 Å². The van der Waals surface area contributed by atoms with Crippen molar-refractivity contribution in [1.29, 1.82) is 0 Å². The normalized spacial score (nSPS) is 10.1. The quantitative estimate of drug-likeness (QED) is 0.809. The third-order valence-electron chi connectivity index (χ3n) is 2.19. The second kappa shape index (κ2) is 5.88. The molecule has 0 saturated carbocycles. The number of hydrogen-bond acceptors (Lipinski definition) is 2. The molecule has 2 aromatic rings. The number of aromatic nitrogens is 2. The zero-order valence-electron chi connectivity index (χ0n) is 9.21. The van der Waals surface area contributed by atoms with Crippen molar-refractivity contribution < 1.29 is 4.79 Å². The van der Waals surface area contributed by atoms with Crippen LogP contribution < -0.4 is 10.6 Å². The van der Waals surface area contributed by atoms with Crippen molar-refractivity contribution in [2.75, 3.05) is 5.32 Å². The molecule has 2 amide bonds. The molecule has 1 heterocycles. The third kappa shape index (κ3) is 3.48. The van der Waals surface area contributed by atoms with Crippen molar-refractivity contribution in [3.05, 3.63) is 45.7 Å². The fourth-order valence-corrected chi connectivity index (χ4v) is 2.03. The molecule has 18 heavy (non-hydrogen) atoms. The largest absolute Gasteiger partial charge is 0.334 e. The number of hydrogen-bond donors (Lipinski definition) is 3. The van der Waals surface area contributed by atoms with Crippen LogP contribution in [0.5, 0.6) is 0 Å².